The summed E-state index contributed by atoms with van der Waals surface area (Å²) >= 11 is 0.352. The lowest BCUT2D eigenvalue weighted by Crippen LogP contribution is -2.17. The molecule has 31 heavy (non-hydrogen) atoms. The number of amides is 1. The number of benzene rings is 2. The van der Waals surface area contributed by atoms with E-state index in [9.17, 15) is 26.9 Å². The maximum atomic E-state index is 12.9. The van der Waals surface area contributed by atoms with Gasteiger partial charge in [-0.05, 0) is 48.5 Å². The second-order valence-corrected chi connectivity index (χ2v) is 6.67. The number of nitrogens with zero attached hydrogens (tertiary/aromatic N) is 1. The van der Waals surface area contributed by atoms with Crippen LogP contribution in [-0.4, -0.2) is 21.8 Å². The smallest absolute Gasteiger partial charge is 0.473 e. The monoisotopic (exact) mass is 454 g/mol. The molecule has 2 aromatic carbocycles. The first-order chi connectivity index (χ1) is 14.7. The Hall–Kier alpha value is -3.31. The number of alkyl halides is 3. The van der Waals surface area contributed by atoms with Crippen molar-refractivity contribution in [1.82, 2.24) is 4.98 Å². The van der Waals surface area contributed by atoms with Gasteiger partial charge in [-0.25, -0.2) is 9.37 Å². The number of anilines is 1. The van der Waals surface area contributed by atoms with Crippen LogP contribution in [0.3, 0.4) is 0 Å². The molecular formula is C20H14F4N2O4S. The molecule has 11 heteroatoms. The highest BCUT2D eigenvalue weighted by Crippen LogP contribution is 2.29. The summed E-state index contributed by atoms with van der Waals surface area (Å²) in [5.74, 6) is -1.25. The van der Waals surface area contributed by atoms with Gasteiger partial charge in [-0.15, -0.1) is 13.2 Å². The maximum absolute atomic E-state index is 12.9. The van der Waals surface area contributed by atoms with E-state index < -0.39 is 23.8 Å². The van der Waals surface area contributed by atoms with Crippen molar-refractivity contribution in [2.45, 2.75) is 17.9 Å². The average Bonchev–Trinajstić information content (AvgIpc) is 2.73. The fourth-order valence-corrected chi connectivity index (χ4v) is 2.81. The first kappa shape index (κ1) is 22.4. The molecule has 0 aliphatic heterocycles. The maximum Gasteiger partial charge on any atom is 0.573 e. The summed E-state index contributed by atoms with van der Waals surface area (Å²) < 4.78 is 68.7. The van der Waals surface area contributed by atoms with Gasteiger partial charge < -0.3 is 19.3 Å². The molecule has 0 aliphatic rings. The van der Waals surface area contributed by atoms with E-state index in [1.54, 1.807) is 0 Å². The van der Waals surface area contributed by atoms with Crippen LogP contribution in [0.1, 0.15) is 15.9 Å². The lowest BCUT2D eigenvalue weighted by atomic mass is 10.2. The van der Waals surface area contributed by atoms with Crippen LogP contribution in [0.5, 0.6) is 11.6 Å². The number of hydrogen-bond donors (Lipinski definition) is 2. The molecular weight excluding hydrogens is 440 g/mol. The lowest BCUT2D eigenvalue weighted by molar-refractivity contribution is -0.274. The Bertz CT molecular complexity index is 1040. The molecule has 1 amide bonds. The van der Waals surface area contributed by atoms with Crippen molar-refractivity contribution in [3.05, 3.63) is 77.7 Å². The van der Waals surface area contributed by atoms with Crippen LogP contribution in [-0.2, 0) is 6.61 Å². The molecule has 0 radical (unpaired) electrons. The quantitative estimate of drug-likeness (QED) is 0.362. The normalized spacial score (nSPS) is 11.1. The number of ether oxygens (including phenoxy) is 2. The van der Waals surface area contributed by atoms with Gasteiger partial charge in [-0.3, -0.25) is 4.79 Å². The van der Waals surface area contributed by atoms with Crippen molar-refractivity contribution in [1.29, 1.82) is 0 Å². The molecule has 162 valence electrons. The van der Waals surface area contributed by atoms with Crippen LogP contribution in [0.25, 0.3) is 0 Å². The fraction of sp³-hybridized carbons (Fsp3) is 0.100. The van der Waals surface area contributed by atoms with Crippen molar-refractivity contribution >= 4 is 23.6 Å². The fourth-order valence-electron chi connectivity index (χ4n) is 2.44. The molecule has 1 aromatic heterocycles. The van der Waals surface area contributed by atoms with Crippen LogP contribution in [0.15, 0.2) is 65.7 Å². The molecule has 2 N–H and O–H groups in total. The molecule has 3 rings (SSSR count). The highest BCUT2D eigenvalue weighted by molar-refractivity contribution is 7.93. The zero-order chi connectivity index (χ0) is 22.4. The molecule has 6 nitrogen and oxygen atoms in total. The Kier molecular flexibility index (Phi) is 6.98. The molecule has 0 atom stereocenters. The van der Waals surface area contributed by atoms with Crippen LogP contribution < -0.4 is 14.8 Å². The van der Waals surface area contributed by atoms with E-state index in [1.807, 2.05) is 0 Å². The first-order valence-corrected chi connectivity index (χ1v) is 9.37. The number of pyridine rings is 1. The van der Waals surface area contributed by atoms with E-state index in [-0.39, 0.29) is 28.5 Å². The summed E-state index contributed by atoms with van der Waals surface area (Å²) in [6, 6.07) is 11.5. The van der Waals surface area contributed by atoms with Crippen molar-refractivity contribution in [3.8, 4) is 11.6 Å². The van der Waals surface area contributed by atoms with E-state index in [0.29, 0.717) is 17.7 Å². The van der Waals surface area contributed by atoms with Gasteiger partial charge in [-0.1, -0.05) is 0 Å². The third kappa shape index (κ3) is 6.59. The van der Waals surface area contributed by atoms with E-state index in [0.717, 1.165) is 12.1 Å². The van der Waals surface area contributed by atoms with Crippen LogP contribution in [0.2, 0.25) is 0 Å². The minimum absolute atomic E-state index is 0.106. The van der Waals surface area contributed by atoms with Crippen LogP contribution in [0.4, 0.5) is 23.2 Å². The average molecular weight is 454 g/mol. The first-order valence-electron chi connectivity index (χ1n) is 8.59. The number of carbonyl (C=O) groups is 1. The molecule has 0 unspecified atom stereocenters. The molecule has 0 saturated heterocycles. The van der Waals surface area contributed by atoms with Crippen molar-refractivity contribution < 1.29 is 36.4 Å². The highest BCUT2D eigenvalue weighted by Gasteiger charge is 2.31. The van der Waals surface area contributed by atoms with Gasteiger partial charge in [0.15, 0.2) is 0 Å². The van der Waals surface area contributed by atoms with Gasteiger partial charge in [0.2, 0.25) is 5.88 Å². The molecule has 0 fully saturated rings. The largest absolute Gasteiger partial charge is 0.573 e. The third-order valence-corrected chi connectivity index (χ3v) is 4.44. The standard InChI is InChI=1S/C20H14F4N2O4S/c21-14-2-4-15(5-3-14)26-19(27)12-1-8-18(25-10-12)29-11-13-9-16(30-20(22,23)24)6-7-17(13)31-28/h1-10,28H,11H2,(H,26,27). The Labute approximate surface area is 178 Å². The number of halogens is 4. The number of aromatic nitrogens is 1. The van der Waals surface area contributed by atoms with E-state index in [2.05, 4.69) is 15.0 Å². The lowest BCUT2D eigenvalue weighted by Gasteiger charge is -2.13. The molecule has 0 saturated carbocycles. The number of nitrogens with one attached hydrogen (secondary N) is 1. The Morgan fingerprint density at radius 1 is 1.10 bits per heavy atom. The second kappa shape index (κ2) is 9.67. The summed E-state index contributed by atoms with van der Waals surface area (Å²) in [5.41, 5.74) is 0.861. The summed E-state index contributed by atoms with van der Waals surface area (Å²) in [5, 5.41) is 2.58. The van der Waals surface area contributed by atoms with Gasteiger partial charge in [0.1, 0.15) is 18.2 Å². The van der Waals surface area contributed by atoms with Gasteiger partial charge >= 0.3 is 6.36 Å². The predicted molar refractivity (Wildman–Crippen MR) is 105 cm³/mol. The summed E-state index contributed by atoms with van der Waals surface area (Å²) in [6.45, 7) is -0.202. The van der Waals surface area contributed by atoms with Crippen LogP contribution >= 0.6 is 12.0 Å². The zero-order valence-electron chi connectivity index (χ0n) is 15.5. The molecule has 0 spiro atoms. The van der Waals surface area contributed by atoms with Crippen molar-refractivity contribution in [2.75, 3.05) is 5.32 Å². The van der Waals surface area contributed by atoms with Gasteiger partial charge in [0.25, 0.3) is 5.91 Å². The Balaban J connectivity index is 1.64. The zero-order valence-corrected chi connectivity index (χ0v) is 16.3. The Morgan fingerprint density at radius 3 is 2.45 bits per heavy atom. The topological polar surface area (TPSA) is 80.7 Å². The van der Waals surface area contributed by atoms with Gasteiger partial charge in [0.05, 0.1) is 5.56 Å². The van der Waals surface area contributed by atoms with E-state index in [1.165, 1.54) is 48.7 Å². The Morgan fingerprint density at radius 2 is 1.84 bits per heavy atom. The molecule has 1 heterocycles. The highest BCUT2D eigenvalue weighted by atomic mass is 32.2. The van der Waals surface area contributed by atoms with Gasteiger partial charge in [-0.2, -0.15) is 0 Å². The third-order valence-electron chi connectivity index (χ3n) is 3.84. The summed E-state index contributed by atoms with van der Waals surface area (Å²) in [4.78, 5) is 16.5. The number of hydrogen-bond acceptors (Lipinski definition) is 6. The molecule has 0 aliphatic carbocycles. The van der Waals surface area contributed by atoms with E-state index in [4.69, 9.17) is 4.74 Å². The SMILES string of the molecule is O=C(Nc1ccc(F)cc1)c1ccc(OCc2cc(OC(F)(F)F)ccc2SO)nc1. The number of rotatable bonds is 7. The summed E-state index contributed by atoms with van der Waals surface area (Å²) in [7, 11) is 0. The minimum atomic E-state index is -4.85. The van der Waals surface area contributed by atoms with Crippen molar-refractivity contribution in [3.63, 3.8) is 0 Å². The second-order valence-electron chi connectivity index (χ2n) is 6.04. The predicted octanol–water partition coefficient (Wildman–Crippen LogP) is 5.52. The van der Waals surface area contributed by atoms with E-state index >= 15 is 0 Å². The van der Waals surface area contributed by atoms with Crippen LogP contribution in [0, 0.1) is 5.82 Å². The summed E-state index contributed by atoms with van der Waals surface area (Å²) in [6.07, 6.45) is -3.60. The van der Waals surface area contributed by atoms with Gasteiger partial charge in [0, 0.05) is 40.5 Å². The molecule has 0 bridgehead atoms. The minimum Gasteiger partial charge on any atom is -0.473 e. The van der Waals surface area contributed by atoms with Crippen molar-refractivity contribution in [2.24, 2.45) is 0 Å². The molecule has 3 aromatic rings. The number of carbonyl (C=O) groups excluding carboxylic acids is 1.